The summed E-state index contributed by atoms with van der Waals surface area (Å²) in [6, 6.07) is 26.8. The highest BCUT2D eigenvalue weighted by Gasteiger charge is 2.33. The number of nitrogens with zero attached hydrogens (tertiary/aromatic N) is 3. The molecule has 0 bridgehead atoms. The Morgan fingerprint density at radius 2 is 1.47 bits per heavy atom. The van der Waals surface area contributed by atoms with Crippen LogP contribution in [0.3, 0.4) is 0 Å². The van der Waals surface area contributed by atoms with Crippen molar-refractivity contribution in [1.29, 1.82) is 5.26 Å². The number of rotatable bonds is 4. The Hall–Kier alpha value is -2.51. The first-order chi connectivity index (χ1) is 14.5. The Bertz CT molecular complexity index is 1020. The van der Waals surface area contributed by atoms with E-state index in [0.717, 1.165) is 29.7 Å². The van der Waals surface area contributed by atoms with Crippen LogP contribution >= 0.6 is 23.2 Å². The van der Waals surface area contributed by atoms with Crippen LogP contribution in [0, 0.1) is 11.3 Å². The van der Waals surface area contributed by atoms with Gasteiger partial charge in [0.25, 0.3) is 0 Å². The van der Waals surface area contributed by atoms with E-state index in [1.54, 1.807) is 0 Å². The SMILES string of the molecule is CC1CN(Cc2ccc(C#N)cc2)CC(c2ccc(Cl)cc2)N1c1ccc(Cl)cc1. The molecule has 152 valence electrons. The molecule has 1 aliphatic heterocycles. The van der Waals surface area contributed by atoms with Crippen molar-refractivity contribution in [3.63, 3.8) is 0 Å². The van der Waals surface area contributed by atoms with E-state index >= 15 is 0 Å². The summed E-state index contributed by atoms with van der Waals surface area (Å²) in [5.41, 5.74) is 4.32. The van der Waals surface area contributed by atoms with Crippen molar-refractivity contribution >= 4 is 28.9 Å². The summed E-state index contributed by atoms with van der Waals surface area (Å²) in [5.74, 6) is 0. The summed E-state index contributed by atoms with van der Waals surface area (Å²) < 4.78 is 0. The first-order valence-electron chi connectivity index (χ1n) is 10.0. The van der Waals surface area contributed by atoms with Crippen LogP contribution in [-0.4, -0.2) is 24.0 Å². The minimum absolute atomic E-state index is 0.200. The van der Waals surface area contributed by atoms with Gasteiger partial charge >= 0.3 is 0 Å². The van der Waals surface area contributed by atoms with Gasteiger partial charge in [-0.2, -0.15) is 5.26 Å². The Morgan fingerprint density at radius 1 is 0.867 bits per heavy atom. The maximum atomic E-state index is 9.04. The maximum Gasteiger partial charge on any atom is 0.0991 e. The van der Waals surface area contributed by atoms with Gasteiger partial charge in [-0.05, 0) is 66.6 Å². The van der Waals surface area contributed by atoms with Gasteiger partial charge in [0, 0.05) is 41.4 Å². The molecule has 1 saturated heterocycles. The predicted molar refractivity (Wildman–Crippen MR) is 124 cm³/mol. The molecule has 4 rings (SSSR count). The van der Waals surface area contributed by atoms with Crippen LogP contribution in [0.4, 0.5) is 5.69 Å². The van der Waals surface area contributed by atoms with Crippen molar-refractivity contribution in [3.05, 3.63) is 99.5 Å². The van der Waals surface area contributed by atoms with Gasteiger partial charge in [-0.3, -0.25) is 4.90 Å². The molecule has 0 radical (unpaired) electrons. The number of halogens is 2. The fourth-order valence-corrected chi connectivity index (χ4v) is 4.50. The number of hydrogen-bond donors (Lipinski definition) is 0. The molecule has 1 heterocycles. The lowest BCUT2D eigenvalue weighted by molar-refractivity contribution is 0.187. The Labute approximate surface area is 188 Å². The lowest BCUT2D eigenvalue weighted by Crippen LogP contribution is -2.53. The molecule has 0 saturated carbocycles. The number of piperazine rings is 1. The largest absolute Gasteiger partial charge is 0.359 e. The van der Waals surface area contributed by atoms with E-state index in [1.165, 1.54) is 16.8 Å². The van der Waals surface area contributed by atoms with E-state index < -0.39 is 0 Å². The summed E-state index contributed by atoms with van der Waals surface area (Å²) in [6.45, 7) is 4.97. The molecule has 3 aromatic rings. The fraction of sp³-hybridized carbons (Fsp3) is 0.240. The molecule has 0 aliphatic carbocycles. The molecule has 30 heavy (non-hydrogen) atoms. The van der Waals surface area contributed by atoms with Crippen molar-refractivity contribution in [1.82, 2.24) is 4.90 Å². The number of hydrogen-bond acceptors (Lipinski definition) is 3. The lowest BCUT2D eigenvalue weighted by atomic mass is 9.97. The third-order valence-electron chi connectivity index (χ3n) is 5.63. The minimum atomic E-state index is 0.200. The van der Waals surface area contributed by atoms with E-state index in [-0.39, 0.29) is 6.04 Å². The first kappa shape index (κ1) is 20.8. The number of anilines is 1. The second kappa shape index (κ2) is 9.10. The highest BCUT2D eigenvalue weighted by atomic mass is 35.5. The smallest absolute Gasteiger partial charge is 0.0991 e. The molecule has 2 atom stereocenters. The third kappa shape index (κ3) is 4.63. The van der Waals surface area contributed by atoms with Gasteiger partial charge in [0.05, 0.1) is 17.7 Å². The van der Waals surface area contributed by atoms with Gasteiger partial charge in [-0.25, -0.2) is 0 Å². The summed E-state index contributed by atoms with van der Waals surface area (Å²) in [7, 11) is 0. The normalized spacial score (nSPS) is 19.5. The van der Waals surface area contributed by atoms with Crippen molar-refractivity contribution in [3.8, 4) is 6.07 Å². The third-order valence-corrected chi connectivity index (χ3v) is 6.14. The van der Waals surface area contributed by atoms with Crippen LogP contribution in [-0.2, 0) is 6.54 Å². The van der Waals surface area contributed by atoms with Crippen molar-refractivity contribution < 1.29 is 0 Å². The van der Waals surface area contributed by atoms with Crippen molar-refractivity contribution in [2.24, 2.45) is 0 Å². The van der Waals surface area contributed by atoms with Gasteiger partial charge in [-0.1, -0.05) is 47.5 Å². The molecule has 0 amide bonds. The van der Waals surface area contributed by atoms with Crippen LogP contribution in [0.2, 0.25) is 10.0 Å². The molecule has 3 nitrogen and oxygen atoms in total. The summed E-state index contributed by atoms with van der Waals surface area (Å²) >= 11 is 12.3. The zero-order valence-electron chi connectivity index (χ0n) is 16.8. The average Bonchev–Trinajstić information content (AvgIpc) is 2.75. The van der Waals surface area contributed by atoms with Crippen molar-refractivity contribution in [2.75, 3.05) is 18.0 Å². The average molecular weight is 436 g/mol. The topological polar surface area (TPSA) is 30.3 Å². The molecule has 3 aromatic carbocycles. The lowest BCUT2D eigenvalue weighted by Gasteiger charge is -2.47. The Morgan fingerprint density at radius 3 is 2.07 bits per heavy atom. The van der Waals surface area contributed by atoms with Gasteiger partial charge in [-0.15, -0.1) is 0 Å². The molecule has 1 aliphatic rings. The van der Waals surface area contributed by atoms with E-state index in [0.29, 0.717) is 11.6 Å². The van der Waals surface area contributed by atoms with Crippen LogP contribution < -0.4 is 4.90 Å². The Kier molecular flexibility index (Phi) is 6.29. The van der Waals surface area contributed by atoms with Crippen LogP contribution in [0.25, 0.3) is 0 Å². The van der Waals surface area contributed by atoms with Crippen molar-refractivity contribution in [2.45, 2.75) is 25.6 Å². The van der Waals surface area contributed by atoms with E-state index in [9.17, 15) is 0 Å². The van der Waals surface area contributed by atoms with Crippen LogP contribution in [0.1, 0.15) is 29.7 Å². The van der Waals surface area contributed by atoms with Gasteiger partial charge in [0.2, 0.25) is 0 Å². The highest BCUT2D eigenvalue weighted by molar-refractivity contribution is 6.30. The zero-order chi connectivity index (χ0) is 21.1. The molecular formula is C25H23Cl2N3. The fourth-order valence-electron chi connectivity index (χ4n) is 4.25. The van der Waals surface area contributed by atoms with E-state index in [1.807, 2.05) is 48.5 Å². The number of nitriles is 1. The summed E-state index contributed by atoms with van der Waals surface area (Å²) in [5, 5.41) is 10.5. The molecular weight excluding hydrogens is 413 g/mol. The molecule has 0 aromatic heterocycles. The van der Waals surface area contributed by atoms with Gasteiger partial charge in [0.15, 0.2) is 0 Å². The molecule has 0 spiro atoms. The quantitative estimate of drug-likeness (QED) is 0.480. The standard InChI is InChI=1S/C25H23Cl2N3/c1-18-15-29(16-20-4-2-19(14-28)3-5-20)17-25(21-6-8-22(26)9-7-21)30(18)24-12-10-23(27)11-13-24/h2-13,18,25H,15-17H2,1H3. The first-order valence-corrected chi connectivity index (χ1v) is 10.8. The number of benzene rings is 3. The van der Waals surface area contributed by atoms with Crippen LogP contribution in [0.15, 0.2) is 72.8 Å². The molecule has 2 unspecified atom stereocenters. The zero-order valence-corrected chi connectivity index (χ0v) is 18.3. The van der Waals surface area contributed by atoms with Crippen LogP contribution in [0.5, 0.6) is 0 Å². The predicted octanol–water partition coefficient (Wildman–Crippen LogP) is 6.32. The van der Waals surface area contributed by atoms with E-state index in [4.69, 9.17) is 28.5 Å². The second-order valence-corrected chi connectivity index (χ2v) is 8.68. The second-order valence-electron chi connectivity index (χ2n) is 7.80. The maximum absolute atomic E-state index is 9.04. The summed E-state index contributed by atoms with van der Waals surface area (Å²) in [6.07, 6.45) is 0. The van der Waals surface area contributed by atoms with E-state index in [2.05, 4.69) is 47.1 Å². The molecule has 1 fully saturated rings. The van der Waals surface area contributed by atoms with Gasteiger partial charge < -0.3 is 4.90 Å². The highest BCUT2D eigenvalue weighted by Crippen LogP contribution is 2.35. The monoisotopic (exact) mass is 435 g/mol. The minimum Gasteiger partial charge on any atom is -0.359 e. The summed E-state index contributed by atoms with van der Waals surface area (Å²) in [4.78, 5) is 4.96. The molecule has 5 heteroatoms. The molecule has 0 N–H and O–H groups in total. The van der Waals surface area contributed by atoms with Gasteiger partial charge in [0.1, 0.15) is 0 Å². The Balaban J connectivity index is 1.62.